The van der Waals surface area contributed by atoms with Crippen LogP contribution in [0.5, 0.6) is 0 Å². The standard InChI is InChI=1S/C7H11NO3/c1-7(2)6(10)8(3)5(9)4-11-7/h4H2,1-3H3. The number of hydrogen-bond acceptors (Lipinski definition) is 3. The van der Waals surface area contributed by atoms with Gasteiger partial charge in [0, 0.05) is 7.05 Å². The van der Waals surface area contributed by atoms with Gasteiger partial charge in [0.2, 0.25) is 0 Å². The van der Waals surface area contributed by atoms with E-state index in [0.717, 1.165) is 4.90 Å². The van der Waals surface area contributed by atoms with Gasteiger partial charge in [-0.25, -0.2) is 0 Å². The molecule has 1 saturated heterocycles. The Labute approximate surface area is 65.1 Å². The Balaban J connectivity index is 2.84. The second-order valence-electron chi connectivity index (χ2n) is 3.06. The van der Waals surface area contributed by atoms with Crippen molar-refractivity contribution in [2.24, 2.45) is 0 Å². The van der Waals surface area contributed by atoms with Gasteiger partial charge in [0.15, 0.2) is 0 Å². The lowest BCUT2D eigenvalue weighted by atomic mass is 10.1. The number of morpholine rings is 1. The lowest BCUT2D eigenvalue weighted by Crippen LogP contribution is -2.54. The number of hydrogen-bond donors (Lipinski definition) is 0. The average Bonchev–Trinajstić information content (AvgIpc) is 1.95. The van der Waals surface area contributed by atoms with Crippen LogP contribution in [0.3, 0.4) is 0 Å². The minimum Gasteiger partial charge on any atom is -0.356 e. The van der Waals surface area contributed by atoms with Crippen molar-refractivity contribution in [1.82, 2.24) is 4.90 Å². The molecule has 0 aliphatic carbocycles. The van der Waals surface area contributed by atoms with Gasteiger partial charge in [-0.15, -0.1) is 0 Å². The first-order valence-corrected chi connectivity index (χ1v) is 3.40. The van der Waals surface area contributed by atoms with E-state index in [0.29, 0.717) is 0 Å². The molecule has 0 aromatic rings. The predicted octanol–water partition coefficient (Wildman–Crippen LogP) is -0.220. The van der Waals surface area contributed by atoms with Crippen LogP contribution in [-0.4, -0.2) is 36.0 Å². The Morgan fingerprint density at radius 1 is 1.45 bits per heavy atom. The molecule has 0 aromatic heterocycles. The maximum Gasteiger partial charge on any atom is 0.260 e. The fourth-order valence-corrected chi connectivity index (χ4v) is 0.918. The van der Waals surface area contributed by atoms with Crippen molar-refractivity contribution in [2.45, 2.75) is 19.4 Å². The first-order chi connectivity index (χ1) is 4.95. The summed E-state index contributed by atoms with van der Waals surface area (Å²) < 4.78 is 5.02. The van der Waals surface area contributed by atoms with Crippen LogP contribution in [0.15, 0.2) is 0 Å². The summed E-state index contributed by atoms with van der Waals surface area (Å²) >= 11 is 0. The summed E-state index contributed by atoms with van der Waals surface area (Å²) in [5, 5.41) is 0. The van der Waals surface area contributed by atoms with Crippen molar-refractivity contribution >= 4 is 11.8 Å². The summed E-state index contributed by atoms with van der Waals surface area (Å²) in [5.41, 5.74) is -0.845. The summed E-state index contributed by atoms with van der Waals surface area (Å²) in [6.07, 6.45) is 0. The van der Waals surface area contributed by atoms with E-state index in [-0.39, 0.29) is 18.4 Å². The molecule has 0 bridgehead atoms. The lowest BCUT2D eigenvalue weighted by molar-refractivity contribution is -0.174. The first-order valence-electron chi connectivity index (χ1n) is 3.40. The summed E-state index contributed by atoms with van der Waals surface area (Å²) in [5.74, 6) is -0.567. The zero-order valence-electron chi connectivity index (χ0n) is 6.88. The van der Waals surface area contributed by atoms with Crippen molar-refractivity contribution < 1.29 is 14.3 Å². The van der Waals surface area contributed by atoms with E-state index in [9.17, 15) is 9.59 Å². The molecular formula is C7H11NO3. The van der Waals surface area contributed by atoms with E-state index in [1.807, 2.05) is 0 Å². The molecule has 1 aliphatic heterocycles. The maximum atomic E-state index is 11.2. The van der Waals surface area contributed by atoms with E-state index in [1.54, 1.807) is 13.8 Å². The molecule has 0 radical (unpaired) electrons. The smallest absolute Gasteiger partial charge is 0.260 e. The number of likely N-dealkylation sites (N-methyl/N-ethyl adjacent to an activating group) is 1. The van der Waals surface area contributed by atoms with E-state index in [4.69, 9.17) is 4.74 Å². The zero-order valence-corrected chi connectivity index (χ0v) is 6.88. The zero-order chi connectivity index (χ0) is 8.65. The number of carbonyl (C=O) groups is 2. The van der Waals surface area contributed by atoms with Crippen molar-refractivity contribution in [3.63, 3.8) is 0 Å². The highest BCUT2D eigenvalue weighted by atomic mass is 16.5. The van der Waals surface area contributed by atoms with Crippen LogP contribution in [0.25, 0.3) is 0 Å². The van der Waals surface area contributed by atoms with Crippen molar-refractivity contribution in [3.05, 3.63) is 0 Å². The van der Waals surface area contributed by atoms with Crippen LogP contribution >= 0.6 is 0 Å². The molecule has 0 aromatic carbocycles. The molecule has 0 N–H and O–H groups in total. The predicted molar refractivity (Wildman–Crippen MR) is 37.8 cm³/mol. The normalized spacial score (nSPS) is 24.1. The average molecular weight is 157 g/mol. The van der Waals surface area contributed by atoms with Crippen LogP contribution in [0.4, 0.5) is 0 Å². The van der Waals surface area contributed by atoms with Gasteiger partial charge in [0.05, 0.1) is 0 Å². The molecular weight excluding hydrogens is 146 g/mol. The third-order valence-electron chi connectivity index (χ3n) is 1.75. The fraction of sp³-hybridized carbons (Fsp3) is 0.714. The van der Waals surface area contributed by atoms with Crippen molar-refractivity contribution in [2.75, 3.05) is 13.7 Å². The van der Waals surface area contributed by atoms with Crippen LogP contribution in [-0.2, 0) is 14.3 Å². The Morgan fingerprint density at radius 2 is 2.00 bits per heavy atom. The van der Waals surface area contributed by atoms with Crippen LogP contribution < -0.4 is 0 Å². The van der Waals surface area contributed by atoms with E-state index < -0.39 is 5.60 Å². The Kier molecular flexibility index (Phi) is 1.72. The molecule has 11 heavy (non-hydrogen) atoms. The Morgan fingerprint density at radius 3 is 2.45 bits per heavy atom. The molecule has 0 saturated carbocycles. The highest BCUT2D eigenvalue weighted by Crippen LogP contribution is 2.17. The monoisotopic (exact) mass is 157 g/mol. The number of ether oxygens (including phenoxy) is 1. The third-order valence-corrected chi connectivity index (χ3v) is 1.75. The molecule has 0 spiro atoms. The van der Waals surface area contributed by atoms with Gasteiger partial charge in [-0.2, -0.15) is 0 Å². The lowest BCUT2D eigenvalue weighted by Gasteiger charge is -2.33. The molecule has 0 atom stereocenters. The van der Waals surface area contributed by atoms with Gasteiger partial charge < -0.3 is 4.74 Å². The first kappa shape index (κ1) is 8.20. The second-order valence-corrected chi connectivity index (χ2v) is 3.06. The Hall–Kier alpha value is -0.900. The van der Waals surface area contributed by atoms with Crippen molar-refractivity contribution in [1.29, 1.82) is 0 Å². The van der Waals surface area contributed by atoms with Crippen LogP contribution in [0.1, 0.15) is 13.8 Å². The largest absolute Gasteiger partial charge is 0.356 e. The molecule has 62 valence electrons. The summed E-state index contributed by atoms with van der Waals surface area (Å²) in [7, 11) is 1.47. The number of imide groups is 1. The number of rotatable bonds is 0. The van der Waals surface area contributed by atoms with Crippen LogP contribution in [0.2, 0.25) is 0 Å². The Bertz CT molecular complexity index is 210. The number of amides is 2. The quantitative estimate of drug-likeness (QED) is 0.457. The van der Waals surface area contributed by atoms with Gasteiger partial charge in [-0.05, 0) is 13.8 Å². The molecule has 1 aliphatic rings. The van der Waals surface area contributed by atoms with Gasteiger partial charge in [-0.1, -0.05) is 0 Å². The van der Waals surface area contributed by atoms with Gasteiger partial charge >= 0.3 is 0 Å². The topological polar surface area (TPSA) is 46.6 Å². The SMILES string of the molecule is CN1C(=O)COC(C)(C)C1=O. The minimum absolute atomic E-state index is 0.00472. The minimum atomic E-state index is -0.845. The number of carbonyl (C=O) groups excluding carboxylic acids is 2. The van der Waals surface area contributed by atoms with Gasteiger partial charge in [0.25, 0.3) is 11.8 Å². The molecule has 0 unspecified atom stereocenters. The van der Waals surface area contributed by atoms with Crippen molar-refractivity contribution in [3.8, 4) is 0 Å². The molecule has 4 heteroatoms. The van der Waals surface area contributed by atoms with Gasteiger partial charge in [0.1, 0.15) is 12.2 Å². The summed E-state index contributed by atoms with van der Waals surface area (Å²) in [4.78, 5) is 23.2. The highest BCUT2D eigenvalue weighted by Gasteiger charge is 2.39. The van der Waals surface area contributed by atoms with E-state index in [2.05, 4.69) is 0 Å². The fourth-order valence-electron chi connectivity index (χ4n) is 0.918. The maximum absolute atomic E-state index is 11.2. The molecule has 2 amide bonds. The molecule has 1 rings (SSSR count). The number of nitrogens with zero attached hydrogens (tertiary/aromatic N) is 1. The second kappa shape index (κ2) is 2.30. The van der Waals surface area contributed by atoms with E-state index in [1.165, 1.54) is 7.05 Å². The van der Waals surface area contributed by atoms with Gasteiger partial charge in [-0.3, -0.25) is 14.5 Å². The summed E-state index contributed by atoms with van der Waals surface area (Å²) in [6.45, 7) is 3.30. The third kappa shape index (κ3) is 1.26. The molecule has 1 heterocycles. The molecule has 4 nitrogen and oxygen atoms in total. The molecule has 1 fully saturated rings. The van der Waals surface area contributed by atoms with Crippen LogP contribution in [0, 0.1) is 0 Å². The highest BCUT2D eigenvalue weighted by molar-refractivity contribution is 6.01. The summed E-state index contributed by atoms with van der Waals surface area (Å²) in [6, 6.07) is 0. The van der Waals surface area contributed by atoms with E-state index >= 15 is 0 Å².